The lowest BCUT2D eigenvalue weighted by Gasteiger charge is -2.33. The van der Waals surface area contributed by atoms with E-state index in [1.54, 1.807) is 11.3 Å². The maximum absolute atomic E-state index is 12.1. The molecule has 0 bridgehead atoms. The Balaban J connectivity index is 1.23. The van der Waals surface area contributed by atoms with E-state index in [0.717, 1.165) is 47.2 Å². The van der Waals surface area contributed by atoms with Crippen LogP contribution in [0.4, 0.5) is 10.9 Å². The van der Waals surface area contributed by atoms with Crippen LogP contribution in [0.2, 0.25) is 0 Å². The first-order chi connectivity index (χ1) is 14.2. The number of rotatable bonds is 8. The average molecular weight is 409 g/mol. The Bertz CT molecular complexity index is 937. The van der Waals surface area contributed by atoms with E-state index in [-0.39, 0.29) is 5.91 Å². The zero-order valence-electron chi connectivity index (χ0n) is 16.3. The maximum Gasteiger partial charge on any atom is 0.229 e. The molecule has 8 heteroatoms. The number of hydrogen-bond acceptors (Lipinski definition) is 7. The molecular formula is C21H24N6OS. The second-order valence-electron chi connectivity index (χ2n) is 7.33. The van der Waals surface area contributed by atoms with Crippen LogP contribution in [0.5, 0.6) is 0 Å². The van der Waals surface area contributed by atoms with Crippen LogP contribution in [0, 0.1) is 5.92 Å². The molecule has 150 valence electrons. The van der Waals surface area contributed by atoms with Crippen LogP contribution in [0.3, 0.4) is 0 Å². The smallest absolute Gasteiger partial charge is 0.229 e. The predicted octanol–water partition coefficient (Wildman–Crippen LogP) is 3.68. The number of carbonyl (C=O) groups is 1. The van der Waals surface area contributed by atoms with Crippen molar-refractivity contribution >= 4 is 28.2 Å². The SMILES string of the molecule is CCNc1nnc(C2CC(Cc3ccc(NC(=O)Cc4ccccc4)nn3)C2)s1. The number of hydrogen-bond donors (Lipinski definition) is 2. The first-order valence-electron chi connectivity index (χ1n) is 9.93. The molecule has 4 rings (SSSR count). The van der Waals surface area contributed by atoms with Crippen LogP contribution < -0.4 is 10.6 Å². The molecule has 1 aliphatic carbocycles. The fourth-order valence-corrected chi connectivity index (χ4v) is 4.46. The molecule has 0 unspecified atom stereocenters. The van der Waals surface area contributed by atoms with Gasteiger partial charge in [-0.3, -0.25) is 4.79 Å². The van der Waals surface area contributed by atoms with Crippen molar-refractivity contribution in [3.05, 3.63) is 58.7 Å². The molecule has 0 spiro atoms. The van der Waals surface area contributed by atoms with Crippen LogP contribution >= 0.6 is 11.3 Å². The molecule has 2 N–H and O–H groups in total. The standard InChI is InChI=1S/C21H24N6OS/c1-2-22-21-27-26-20(29-21)16-10-15(11-16)12-17-8-9-18(25-24-17)23-19(28)13-14-6-4-3-5-7-14/h3-9,15-16H,2,10-13H2,1H3,(H,22,27)(H,23,25,28). The van der Waals surface area contributed by atoms with E-state index in [1.165, 1.54) is 0 Å². The molecule has 2 heterocycles. The van der Waals surface area contributed by atoms with Crippen molar-refractivity contribution in [1.29, 1.82) is 0 Å². The average Bonchev–Trinajstić information content (AvgIpc) is 3.14. The summed E-state index contributed by atoms with van der Waals surface area (Å²) in [5, 5.41) is 25.0. The van der Waals surface area contributed by atoms with Gasteiger partial charge < -0.3 is 10.6 Å². The zero-order valence-corrected chi connectivity index (χ0v) is 17.2. The summed E-state index contributed by atoms with van der Waals surface area (Å²) in [5.74, 6) is 1.51. The van der Waals surface area contributed by atoms with Gasteiger partial charge in [0.25, 0.3) is 0 Å². The highest BCUT2D eigenvalue weighted by Gasteiger charge is 2.33. The van der Waals surface area contributed by atoms with E-state index in [0.29, 0.717) is 24.1 Å². The lowest BCUT2D eigenvalue weighted by molar-refractivity contribution is -0.115. The van der Waals surface area contributed by atoms with Crippen molar-refractivity contribution in [2.45, 2.75) is 38.5 Å². The summed E-state index contributed by atoms with van der Waals surface area (Å²) < 4.78 is 0. The minimum absolute atomic E-state index is 0.0888. The van der Waals surface area contributed by atoms with Crippen LogP contribution in [-0.2, 0) is 17.6 Å². The number of carbonyl (C=O) groups excluding carboxylic acids is 1. The zero-order chi connectivity index (χ0) is 20.1. The van der Waals surface area contributed by atoms with E-state index in [2.05, 4.69) is 38.0 Å². The van der Waals surface area contributed by atoms with Crippen LogP contribution in [0.15, 0.2) is 42.5 Å². The molecule has 1 aromatic carbocycles. The van der Waals surface area contributed by atoms with E-state index < -0.39 is 0 Å². The molecule has 0 saturated heterocycles. The van der Waals surface area contributed by atoms with Gasteiger partial charge in [-0.1, -0.05) is 41.7 Å². The number of amides is 1. The highest BCUT2D eigenvalue weighted by atomic mass is 32.1. The van der Waals surface area contributed by atoms with E-state index in [1.807, 2.05) is 42.5 Å². The van der Waals surface area contributed by atoms with Crippen molar-refractivity contribution in [3.63, 3.8) is 0 Å². The van der Waals surface area contributed by atoms with Crippen molar-refractivity contribution in [1.82, 2.24) is 20.4 Å². The predicted molar refractivity (Wildman–Crippen MR) is 114 cm³/mol. The first kappa shape index (κ1) is 19.4. The highest BCUT2D eigenvalue weighted by Crippen LogP contribution is 2.44. The van der Waals surface area contributed by atoms with E-state index >= 15 is 0 Å². The summed E-state index contributed by atoms with van der Waals surface area (Å²) in [6, 6.07) is 13.4. The summed E-state index contributed by atoms with van der Waals surface area (Å²) in [6.07, 6.45) is 3.45. The van der Waals surface area contributed by atoms with Gasteiger partial charge >= 0.3 is 0 Å². The number of nitrogens with one attached hydrogen (secondary N) is 2. The van der Waals surface area contributed by atoms with Gasteiger partial charge in [-0.15, -0.1) is 15.3 Å². The number of nitrogens with zero attached hydrogens (tertiary/aromatic N) is 4. The second kappa shape index (κ2) is 9.09. The summed E-state index contributed by atoms with van der Waals surface area (Å²) in [4.78, 5) is 12.1. The van der Waals surface area contributed by atoms with Gasteiger partial charge in [-0.05, 0) is 49.8 Å². The molecule has 1 amide bonds. The Morgan fingerprint density at radius 2 is 1.90 bits per heavy atom. The van der Waals surface area contributed by atoms with Gasteiger partial charge in [0.2, 0.25) is 11.0 Å². The molecule has 2 aromatic heterocycles. The molecular weight excluding hydrogens is 384 g/mol. The Morgan fingerprint density at radius 1 is 1.07 bits per heavy atom. The minimum atomic E-state index is -0.0888. The fraction of sp³-hybridized carbons (Fsp3) is 0.381. The normalized spacial score (nSPS) is 18.1. The summed E-state index contributed by atoms with van der Waals surface area (Å²) in [7, 11) is 0. The van der Waals surface area contributed by atoms with Crippen LogP contribution in [-0.4, -0.2) is 32.8 Å². The fourth-order valence-electron chi connectivity index (χ4n) is 3.53. The lowest BCUT2D eigenvalue weighted by atomic mass is 9.73. The van der Waals surface area contributed by atoms with Crippen molar-refractivity contribution < 1.29 is 4.79 Å². The number of benzene rings is 1. The van der Waals surface area contributed by atoms with E-state index in [4.69, 9.17) is 0 Å². The van der Waals surface area contributed by atoms with Gasteiger partial charge in [0.15, 0.2) is 5.82 Å². The van der Waals surface area contributed by atoms with Gasteiger partial charge in [-0.25, -0.2) is 0 Å². The van der Waals surface area contributed by atoms with Gasteiger partial charge in [0, 0.05) is 12.5 Å². The third-order valence-electron chi connectivity index (χ3n) is 5.05. The van der Waals surface area contributed by atoms with Crippen molar-refractivity contribution in [2.75, 3.05) is 17.2 Å². The minimum Gasteiger partial charge on any atom is -0.360 e. The lowest BCUT2D eigenvalue weighted by Crippen LogP contribution is -2.24. The summed E-state index contributed by atoms with van der Waals surface area (Å²) in [5.41, 5.74) is 1.93. The topological polar surface area (TPSA) is 92.7 Å². The van der Waals surface area contributed by atoms with E-state index in [9.17, 15) is 4.79 Å². The molecule has 29 heavy (non-hydrogen) atoms. The summed E-state index contributed by atoms with van der Waals surface area (Å²) in [6.45, 7) is 2.92. The Labute approximate surface area is 174 Å². The molecule has 1 fully saturated rings. The highest BCUT2D eigenvalue weighted by molar-refractivity contribution is 7.15. The molecule has 7 nitrogen and oxygen atoms in total. The third kappa shape index (κ3) is 5.14. The molecule has 1 saturated carbocycles. The quantitative estimate of drug-likeness (QED) is 0.591. The first-order valence-corrected chi connectivity index (χ1v) is 10.7. The van der Waals surface area contributed by atoms with Crippen LogP contribution in [0.1, 0.15) is 41.9 Å². The molecule has 0 aliphatic heterocycles. The van der Waals surface area contributed by atoms with Crippen LogP contribution in [0.25, 0.3) is 0 Å². The molecule has 0 radical (unpaired) electrons. The Hall–Kier alpha value is -2.87. The van der Waals surface area contributed by atoms with Gasteiger partial charge in [-0.2, -0.15) is 5.10 Å². The number of anilines is 2. The van der Waals surface area contributed by atoms with Gasteiger partial charge in [0.1, 0.15) is 5.01 Å². The molecule has 3 aromatic rings. The maximum atomic E-state index is 12.1. The molecule has 0 atom stereocenters. The third-order valence-corrected chi connectivity index (χ3v) is 6.09. The Morgan fingerprint density at radius 3 is 2.62 bits per heavy atom. The molecule has 1 aliphatic rings. The monoisotopic (exact) mass is 408 g/mol. The van der Waals surface area contributed by atoms with Crippen molar-refractivity contribution in [2.24, 2.45) is 5.92 Å². The van der Waals surface area contributed by atoms with Crippen molar-refractivity contribution in [3.8, 4) is 0 Å². The largest absolute Gasteiger partial charge is 0.360 e. The number of aromatic nitrogens is 4. The van der Waals surface area contributed by atoms with Gasteiger partial charge in [0.05, 0.1) is 12.1 Å². The Kier molecular flexibility index (Phi) is 6.09. The second-order valence-corrected chi connectivity index (χ2v) is 8.34. The summed E-state index contributed by atoms with van der Waals surface area (Å²) >= 11 is 1.66.